The van der Waals surface area contributed by atoms with Crippen LogP contribution in [0.3, 0.4) is 0 Å². The van der Waals surface area contributed by atoms with E-state index in [0.29, 0.717) is 15.9 Å². The second-order valence-electron chi connectivity index (χ2n) is 5.90. The van der Waals surface area contributed by atoms with Gasteiger partial charge in [-0.2, -0.15) is 0 Å². The highest BCUT2D eigenvalue weighted by atomic mass is 79.9. The smallest absolute Gasteiger partial charge is 0.196 e. The molecule has 0 saturated carbocycles. The summed E-state index contributed by atoms with van der Waals surface area (Å²) < 4.78 is 3.02. The quantitative estimate of drug-likeness (QED) is 0.291. The molecular weight excluding hydrogens is 479 g/mol. The van der Waals surface area contributed by atoms with Crippen molar-refractivity contribution in [3.8, 4) is 17.1 Å². The highest BCUT2D eigenvalue weighted by molar-refractivity contribution is 9.10. The molecule has 0 radical (unpaired) electrons. The van der Waals surface area contributed by atoms with Gasteiger partial charge >= 0.3 is 0 Å². The SMILES string of the molecule is Clc1ccc(-n2c(SCc3cccc(Br)c3)nnc2-c2cccnc2)cc1Cl. The van der Waals surface area contributed by atoms with E-state index < -0.39 is 0 Å². The van der Waals surface area contributed by atoms with E-state index in [9.17, 15) is 0 Å². The van der Waals surface area contributed by atoms with Crippen LogP contribution in [0, 0.1) is 0 Å². The molecule has 0 aliphatic carbocycles. The monoisotopic (exact) mass is 490 g/mol. The largest absolute Gasteiger partial charge is 0.270 e. The molecule has 0 atom stereocenters. The van der Waals surface area contributed by atoms with Gasteiger partial charge in [0.15, 0.2) is 11.0 Å². The number of aromatic nitrogens is 4. The number of hydrogen-bond acceptors (Lipinski definition) is 4. The van der Waals surface area contributed by atoms with Gasteiger partial charge in [-0.05, 0) is 48.0 Å². The number of rotatable bonds is 5. The second kappa shape index (κ2) is 8.66. The van der Waals surface area contributed by atoms with Gasteiger partial charge in [-0.1, -0.05) is 63.0 Å². The predicted octanol–water partition coefficient (Wildman–Crippen LogP) is 6.69. The van der Waals surface area contributed by atoms with Crippen molar-refractivity contribution < 1.29 is 0 Å². The minimum atomic E-state index is 0.480. The zero-order valence-electron chi connectivity index (χ0n) is 14.4. The third kappa shape index (κ3) is 4.25. The summed E-state index contributed by atoms with van der Waals surface area (Å²) in [5, 5.41) is 10.6. The van der Waals surface area contributed by atoms with Crippen LogP contribution < -0.4 is 0 Å². The molecule has 0 aliphatic rings. The van der Waals surface area contributed by atoms with Crippen molar-refractivity contribution in [1.82, 2.24) is 19.7 Å². The maximum atomic E-state index is 6.26. The lowest BCUT2D eigenvalue weighted by Crippen LogP contribution is -2.00. The molecule has 4 nitrogen and oxygen atoms in total. The van der Waals surface area contributed by atoms with Crippen molar-refractivity contribution in [2.75, 3.05) is 0 Å². The third-order valence-corrected chi connectivity index (χ3v) is 6.20. The van der Waals surface area contributed by atoms with E-state index in [-0.39, 0.29) is 0 Å². The van der Waals surface area contributed by atoms with Crippen LogP contribution >= 0.6 is 50.9 Å². The van der Waals surface area contributed by atoms with Gasteiger partial charge in [0.2, 0.25) is 0 Å². The number of benzene rings is 2. The lowest BCUT2D eigenvalue weighted by Gasteiger charge is -2.11. The Bertz CT molecular complexity index is 1120. The van der Waals surface area contributed by atoms with Gasteiger partial charge in [0.05, 0.1) is 15.7 Å². The van der Waals surface area contributed by atoms with Crippen molar-refractivity contribution in [3.05, 3.63) is 87.1 Å². The molecule has 0 aliphatic heterocycles. The van der Waals surface area contributed by atoms with Crippen molar-refractivity contribution in [2.45, 2.75) is 10.9 Å². The normalized spacial score (nSPS) is 11.0. The molecule has 0 amide bonds. The van der Waals surface area contributed by atoms with E-state index in [4.69, 9.17) is 23.2 Å². The zero-order valence-corrected chi connectivity index (χ0v) is 18.3. The molecular formula is C20H13BrCl2N4S. The first-order valence-electron chi connectivity index (χ1n) is 8.30. The molecule has 2 aromatic heterocycles. The lowest BCUT2D eigenvalue weighted by molar-refractivity contribution is 0.886. The first-order valence-corrected chi connectivity index (χ1v) is 10.8. The Morgan fingerprint density at radius 2 is 1.86 bits per heavy atom. The van der Waals surface area contributed by atoms with E-state index in [1.807, 2.05) is 41.0 Å². The fraction of sp³-hybridized carbons (Fsp3) is 0.0500. The first-order chi connectivity index (χ1) is 13.6. The van der Waals surface area contributed by atoms with Gasteiger partial charge in [0.25, 0.3) is 0 Å². The lowest BCUT2D eigenvalue weighted by atomic mass is 10.2. The highest BCUT2D eigenvalue weighted by Crippen LogP contribution is 2.32. The van der Waals surface area contributed by atoms with E-state index in [1.54, 1.807) is 30.2 Å². The third-order valence-electron chi connectivity index (χ3n) is 3.97. The minimum Gasteiger partial charge on any atom is -0.270 e. The average molecular weight is 492 g/mol. The van der Waals surface area contributed by atoms with Crippen molar-refractivity contribution in [1.29, 1.82) is 0 Å². The number of halogens is 3. The van der Waals surface area contributed by atoms with Crippen LogP contribution in [-0.2, 0) is 5.75 Å². The Labute approximate surface area is 185 Å². The van der Waals surface area contributed by atoms with E-state index in [1.165, 1.54) is 5.56 Å². The fourth-order valence-corrected chi connectivity index (χ4v) is 4.31. The van der Waals surface area contributed by atoms with Crippen LogP contribution in [0.5, 0.6) is 0 Å². The number of nitrogens with zero attached hydrogens (tertiary/aromatic N) is 4. The number of thioether (sulfide) groups is 1. The first kappa shape index (κ1) is 19.5. The van der Waals surface area contributed by atoms with Gasteiger partial charge in [0, 0.05) is 28.2 Å². The van der Waals surface area contributed by atoms with Crippen LogP contribution in [0.15, 0.2) is 76.6 Å². The summed E-state index contributed by atoms with van der Waals surface area (Å²) in [6.07, 6.45) is 3.49. The number of hydrogen-bond donors (Lipinski definition) is 0. The average Bonchev–Trinajstić information content (AvgIpc) is 3.13. The molecule has 2 heterocycles. The van der Waals surface area contributed by atoms with Gasteiger partial charge in [-0.3, -0.25) is 9.55 Å². The minimum absolute atomic E-state index is 0.480. The Morgan fingerprint density at radius 1 is 0.964 bits per heavy atom. The predicted molar refractivity (Wildman–Crippen MR) is 118 cm³/mol. The van der Waals surface area contributed by atoms with Crippen LogP contribution in [0.1, 0.15) is 5.56 Å². The summed E-state index contributed by atoms with van der Waals surface area (Å²) in [7, 11) is 0. The van der Waals surface area contributed by atoms with Crippen LogP contribution in [0.25, 0.3) is 17.1 Å². The van der Waals surface area contributed by atoms with E-state index in [2.05, 4.69) is 43.2 Å². The Kier molecular flexibility index (Phi) is 6.01. The van der Waals surface area contributed by atoms with Gasteiger partial charge in [0.1, 0.15) is 0 Å². The topological polar surface area (TPSA) is 43.6 Å². The number of pyridine rings is 1. The molecule has 140 valence electrons. The molecule has 0 unspecified atom stereocenters. The molecule has 0 fully saturated rings. The van der Waals surface area contributed by atoms with Crippen LogP contribution in [0.4, 0.5) is 0 Å². The Morgan fingerprint density at radius 3 is 2.61 bits per heavy atom. The van der Waals surface area contributed by atoms with Crippen molar-refractivity contribution in [3.63, 3.8) is 0 Å². The van der Waals surface area contributed by atoms with Crippen molar-refractivity contribution in [2.24, 2.45) is 0 Å². The summed E-state index contributed by atoms with van der Waals surface area (Å²) in [4.78, 5) is 4.20. The Hall–Kier alpha value is -1.86. The summed E-state index contributed by atoms with van der Waals surface area (Å²) in [5.74, 6) is 1.45. The standard InChI is InChI=1S/C20H13BrCl2N4S/c21-15-5-1-3-13(9-15)12-28-20-26-25-19(14-4-2-8-24-11-14)27(20)16-6-7-17(22)18(23)10-16/h1-11H,12H2. The summed E-state index contributed by atoms with van der Waals surface area (Å²) in [6, 6.07) is 17.5. The molecule has 4 rings (SSSR count). The highest BCUT2D eigenvalue weighted by Gasteiger charge is 2.17. The molecule has 0 spiro atoms. The van der Waals surface area contributed by atoms with E-state index >= 15 is 0 Å². The zero-order chi connectivity index (χ0) is 19.5. The summed E-state index contributed by atoms with van der Waals surface area (Å²) in [5.41, 5.74) is 2.90. The van der Waals surface area contributed by atoms with Gasteiger partial charge in [-0.25, -0.2) is 0 Å². The Balaban J connectivity index is 1.75. The maximum absolute atomic E-state index is 6.26. The van der Waals surface area contributed by atoms with Crippen LogP contribution in [0.2, 0.25) is 10.0 Å². The molecule has 0 saturated heterocycles. The second-order valence-corrected chi connectivity index (χ2v) is 8.57. The van der Waals surface area contributed by atoms with Crippen molar-refractivity contribution >= 4 is 50.9 Å². The van der Waals surface area contributed by atoms with Gasteiger partial charge < -0.3 is 0 Å². The molecule has 28 heavy (non-hydrogen) atoms. The molecule has 2 aromatic carbocycles. The molecule has 8 heteroatoms. The maximum Gasteiger partial charge on any atom is 0.196 e. The van der Waals surface area contributed by atoms with Gasteiger partial charge in [-0.15, -0.1) is 10.2 Å². The summed E-state index contributed by atoms with van der Waals surface area (Å²) in [6.45, 7) is 0. The van der Waals surface area contributed by atoms with Crippen LogP contribution in [-0.4, -0.2) is 19.7 Å². The molecule has 4 aromatic rings. The molecule has 0 N–H and O–H groups in total. The summed E-state index contributed by atoms with van der Waals surface area (Å²) >= 11 is 17.5. The fourth-order valence-electron chi connectivity index (χ4n) is 2.68. The molecule has 0 bridgehead atoms. The van der Waals surface area contributed by atoms with E-state index in [0.717, 1.165) is 26.6 Å².